The molecule has 3 aliphatic rings. The molecule has 3 saturated heterocycles. The van der Waals surface area contributed by atoms with Crippen LogP contribution in [0.2, 0.25) is 0 Å². The molecule has 7 nitrogen and oxygen atoms in total. The Balaban J connectivity index is 1.57. The third-order valence-electron chi connectivity index (χ3n) is 5.98. The van der Waals surface area contributed by atoms with Gasteiger partial charge in [0.05, 0.1) is 25.3 Å². The number of carbonyl (C=O) groups is 3. The number of benzene rings is 1. The molecule has 2 unspecified atom stereocenters. The molecule has 1 aromatic carbocycles. The molecule has 0 saturated carbocycles. The number of hydrogen-bond acceptors (Lipinski definition) is 5. The van der Waals surface area contributed by atoms with Gasteiger partial charge in [0.15, 0.2) is 0 Å². The molecule has 0 radical (unpaired) electrons. The zero-order chi connectivity index (χ0) is 19.2. The first kappa shape index (κ1) is 17.8. The van der Waals surface area contributed by atoms with Crippen LogP contribution in [0.5, 0.6) is 5.75 Å². The fourth-order valence-electron chi connectivity index (χ4n) is 4.56. The van der Waals surface area contributed by atoms with E-state index in [0.29, 0.717) is 44.0 Å². The smallest absolute Gasteiger partial charge is 0.332 e. The Morgan fingerprint density at radius 1 is 1.30 bits per heavy atom. The van der Waals surface area contributed by atoms with Gasteiger partial charge in [0.25, 0.3) is 0 Å². The van der Waals surface area contributed by atoms with Crippen LogP contribution in [0.3, 0.4) is 0 Å². The van der Waals surface area contributed by atoms with E-state index in [1.807, 2.05) is 25.1 Å². The number of hydrogen-bond donors (Lipinski definition) is 0. The van der Waals surface area contributed by atoms with Crippen LogP contribution in [0.25, 0.3) is 0 Å². The summed E-state index contributed by atoms with van der Waals surface area (Å²) in [6.45, 7) is 3.16. The molecule has 0 bridgehead atoms. The number of anilines is 1. The fraction of sp³-hybridized carbons (Fsp3) is 0.550. The maximum atomic E-state index is 13.2. The quantitative estimate of drug-likeness (QED) is 0.755. The average molecular weight is 372 g/mol. The zero-order valence-corrected chi connectivity index (χ0v) is 15.7. The van der Waals surface area contributed by atoms with Crippen LogP contribution in [-0.4, -0.2) is 55.0 Å². The Labute approximate surface area is 158 Å². The molecule has 7 heteroatoms. The van der Waals surface area contributed by atoms with Gasteiger partial charge < -0.3 is 19.3 Å². The third-order valence-corrected chi connectivity index (χ3v) is 5.98. The molecule has 0 N–H and O–H groups in total. The van der Waals surface area contributed by atoms with Crippen molar-refractivity contribution >= 4 is 23.5 Å². The highest BCUT2D eigenvalue weighted by Gasteiger charge is 2.55. The van der Waals surface area contributed by atoms with Gasteiger partial charge in [-0.1, -0.05) is 6.07 Å². The van der Waals surface area contributed by atoms with E-state index in [2.05, 4.69) is 0 Å². The molecule has 27 heavy (non-hydrogen) atoms. The van der Waals surface area contributed by atoms with Crippen molar-refractivity contribution in [3.8, 4) is 5.75 Å². The number of aryl methyl sites for hydroxylation is 1. The summed E-state index contributed by atoms with van der Waals surface area (Å²) in [5.41, 5.74) is 0.893. The standard InChI is InChI=1S/C20H24N2O5/c1-13-4-5-16(26-2)15(10-13)21-12-14(11-17(21)23)18(24)22-8-3-6-20(22)7-9-27-19(20)25/h4-5,10,14H,3,6-9,11-12H2,1-2H3. The second kappa shape index (κ2) is 6.55. The highest BCUT2D eigenvalue weighted by Crippen LogP contribution is 2.40. The van der Waals surface area contributed by atoms with Gasteiger partial charge in [-0.2, -0.15) is 0 Å². The summed E-state index contributed by atoms with van der Waals surface area (Å²) in [6.07, 6.45) is 2.13. The molecule has 3 fully saturated rings. The number of cyclic esters (lactones) is 1. The van der Waals surface area contributed by atoms with Gasteiger partial charge in [-0.3, -0.25) is 9.59 Å². The van der Waals surface area contributed by atoms with Gasteiger partial charge >= 0.3 is 5.97 Å². The zero-order valence-electron chi connectivity index (χ0n) is 15.7. The van der Waals surface area contributed by atoms with Crippen LogP contribution in [0.15, 0.2) is 18.2 Å². The van der Waals surface area contributed by atoms with Crippen molar-refractivity contribution in [3.05, 3.63) is 23.8 Å². The summed E-state index contributed by atoms with van der Waals surface area (Å²) in [4.78, 5) is 41.5. The largest absolute Gasteiger partial charge is 0.495 e. The van der Waals surface area contributed by atoms with E-state index < -0.39 is 11.5 Å². The Morgan fingerprint density at radius 2 is 2.11 bits per heavy atom. The van der Waals surface area contributed by atoms with Crippen molar-refractivity contribution in [3.63, 3.8) is 0 Å². The number of methoxy groups -OCH3 is 1. The lowest BCUT2D eigenvalue weighted by Gasteiger charge is -2.33. The van der Waals surface area contributed by atoms with Gasteiger partial charge in [0.1, 0.15) is 11.3 Å². The van der Waals surface area contributed by atoms with E-state index in [0.717, 1.165) is 12.0 Å². The van der Waals surface area contributed by atoms with Gasteiger partial charge in [-0.05, 0) is 37.5 Å². The van der Waals surface area contributed by atoms with E-state index in [1.54, 1.807) is 16.9 Å². The molecule has 2 atom stereocenters. The van der Waals surface area contributed by atoms with Crippen LogP contribution in [0, 0.1) is 12.8 Å². The average Bonchev–Trinajstić information content (AvgIpc) is 3.35. The van der Waals surface area contributed by atoms with Gasteiger partial charge in [0, 0.05) is 25.9 Å². The summed E-state index contributed by atoms with van der Waals surface area (Å²) in [5.74, 6) is -0.353. The van der Waals surface area contributed by atoms with Crippen molar-refractivity contribution in [2.24, 2.45) is 5.92 Å². The summed E-state index contributed by atoms with van der Waals surface area (Å²) in [7, 11) is 1.57. The highest BCUT2D eigenvalue weighted by molar-refractivity contribution is 6.02. The van der Waals surface area contributed by atoms with Crippen molar-refractivity contribution < 1.29 is 23.9 Å². The maximum absolute atomic E-state index is 13.2. The van der Waals surface area contributed by atoms with Crippen LogP contribution < -0.4 is 9.64 Å². The molecular formula is C20H24N2O5. The molecule has 3 aliphatic heterocycles. The Hall–Kier alpha value is -2.57. The molecule has 3 heterocycles. The number of esters is 1. The van der Waals surface area contributed by atoms with E-state index in [9.17, 15) is 14.4 Å². The molecular weight excluding hydrogens is 348 g/mol. The van der Waals surface area contributed by atoms with Crippen LogP contribution in [0.4, 0.5) is 5.69 Å². The van der Waals surface area contributed by atoms with Gasteiger partial charge in [0.2, 0.25) is 11.8 Å². The number of carbonyl (C=O) groups excluding carboxylic acids is 3. The second-order valence-corrected chi connectivity index (χ2v) is 7.59. The SMILES string of the molecule is COc1ccc(C)cc1N1CC(C(=O)N2CCCC23CCOC3=O)CC1=O. The Kier molecular flexibility index (Phi) is 4.32. The summed E-state index contributed by atoms with van der Waals surface area (Å²) in [6, 6.07) is 5.65. The first-order valence-corrected chi connectivity index (χ1v) is 9.40. The van der Waals surface area contributed by atoms with E-state index >= 15 is 0 Å². The predicted molar refractivity (Wildman–Crippen MR) is 97.4 cm³/mol. The fourth-order valence-corrected chi connectivity index (χ4v) is 4.56. The molecule has 0 aliphatic carbocycles. The minimum Gasteiger partial charge on any atom is -0.495 e. The van der Waals surface area contributed by atoms with Crippen LogP contribution in [-0.2, 0) is 19.1 Å². The predicted octanol–water partition coefficient (Wildman–Crippen LogP) is 1.66. The maximum Gasteiger partial charge on any atom is 0.332 e. The third kappa shape index (κ3) is 2.76. The van der Waals surface area contributed by atoms with E-state index in [-0.39, 0.29) is 24.2 Å². The lowest BCUT2D eigenvalue weighted by Crippen LogP contribution is -2.52. The van der Waals surface area contributed by atoms with E-state index in [1.165, 1.54) is 0 Å². The number of nitrogens with zero attached hydrogens (tertiary/aromatic N) is 2. The molecule has 2 amide bonds. The lowest BCUT2D eigenvalue weighted by atomic mass is 9.93. The lowest BCUT2D eigenvalue weighted by molar-refractivity contribution is -0.154. The molecule has 1 spiro atoms. The Bertz CT molecular complexity index is 804. The summed E-state index contributed by atoms with van der Waals surface area (Å²) in [5, 5.41) is 0. The number of amides is 2. The van der Waals surface area contributed by atoms with Crippen molar-refractivity contribution in [2.45, 2.75) is 38.1 Å². The normalized spacial score (nSPS) is 27.6. The van der Waals surface area contributed by atoms with Crippen molar-refractivity contribution in [2.75, 3.05) is 31.7 Å². The van der Waals surface area contributed by atoms with Crippen LogP contribution >= 0.6 is 0 Å². The minimum atomic E-state index is -0.811. The van der Waals surface area contributed by atoms with Gasteiger partial charge in [-0.15, -0.1) is 0 Å². The molecule has 1 aromatic rings. The number of rotatable bonds is 3. The van der Waals surface area contributed by atoms with Gasteiger partial charge in [-0.25, -0.2) is 4.79 Å². The first-order valence-electron chi connectivity index (χ1n) is 9.40. The summed E-state index contributed by atoms with van der Waals surface area (Å²) >= 11 is 0. The monoisotopic (exact) mass is 372 g/mol. The number of ether oxygens (including phenoxy) is 2. The minimum absolute atomic E-state index is 0.0977. The summed E-state index contributed by atoms with van der Waals surface area (Å²) < 4.78 is 10.6. The second-order valence-electron chi connectivity index (χ2n) is 7.59. The number of likely N-dealkylation sites (tertiary alicyclic amines) is 1. The molecule has 0 aromatic heterocycles. The van der Waals surface area contributed by atoms with Crippen LogP contribution in [0.1, 0.15) is 31.2 Å². The van der Waals surface area contributed by atoms with E-state index in [4.69, 9.17) is 9.47 Å². The highest BCUT2D eigenvalue weighted by atomic mass is 16.5. The molecule has 144 valence electrons. The van der Waals surface area contributed by atoms with Crippen molar-refractivity contribution in [1.29, 1.82) is 0 Å². The Morgan fingerprint density at radius 3 is 2.81 bits per heavy atom. The topological polar surface area (TPSA) is 76.2 Å². The first-order chi connectivity index (χ1) is 13.0. The molecule has 4 rings (SSSR count). The van der Waals surface area contributed by atoms with Crippen molar-refractivity contribution in [1.82, 2.24) is 4.90 Å².